The minimum atomic E-state index is -0.269. The Kier molecular flexibility index (Phi) is 3.82. The zero-order valence-electron chi connectivity index (χ0n) is 9.89. The van der Waals surface area contributed by atoms with Gasteiger partial charge in [0.2, 0.25) is 0 Å². The molecule has 4 heteroatoms. The third kappa shape index (κ3) is 2.23. The van der Waals surface area contributed by atoms with Crippen LogP contribution >= 0.6 is 0 Å². The van der Waals surface area contributed by atoms with Gasteiger partial charge in [0, 0.05) is 12.6 Å². The first kappa shape index (κ1) is 11.9. The van der Waals surface area contributed by atoms with E-state index in [9.17, 15) is 9.90 Å². The summed E-state index contributed by atoms with van der Waals surface area (Å²) in [5.74, 6) is -0.150. The van der Waals surface area contributed by atoms with Gasteiger partial charge in [0.25, 0.3) is 0 Å². The maximum absolute atomic E-state index is 11.5. The van der Waals surface area contributed by atoms with E-state index < -0.39 is 0 Å². The number of carbonyl (C=O) groups excluding carboxylic acids is 1. The number of hydrogen-bond acceptors (Lipinski definition) is 4. The summed E-state index contributed by atoms with van der Waals surface area (Å²) in [6.45, 7) is 0.918. The van der Waals surface area contributed by atoms with E-state index in [-0.39, 0.29) is 24.2 Å². The Morgan fingerprint density at radius 1 is 1.25 bits per heavy atom. The van der Waals surface area contributed by atoms with Gasteiger partial charge in [0.15, 0.2) is 0 Å². The lowest BCUT2D eigenvalue weighted by Crippen LogP contribution is -2.60. The molecule has 0 amide bonds. The molecule has 0 bridgehead atoms. The second-order valence-electron chi connectivity index (χ2n) is 4.84. The summed E-state index contributed by atoms with van der Waals surface area (Å²) in [5.41, 5.74) is 0. The van der Waals surface area contributed by atoms with Crippen LogP contribution in [0.3, 0.4) is 0 Å². The molecule has 92 valence electrons. The van der Waals surface area contributed by atoms with Crippen LogP contribution in [0.5, 0.6) is 0 Å². The van der Waals surface area contributed by atoms with Gasteiger partial charge in [-0.25, -0.2) is 0 Å². The molecule has 3 unspecified atom stereocenters. The first-order valence-electron chi connectivity index (χ1n) is 6.25. The summed E-state index contributed by atoms with van der Waals surface area (Å²) < 4.78 is 4.78. The van der Waals surface area contributed by atoms with E-state index in [1.54, 1.807) is 0 Å². The Morgan fingerprint density at radius 2 is 2.00 bits per heavy atom. The summed E-state index contributed by atoms with van der Waals surface area (Å²) in [6, 6.07) is 0.0584. The molecule has 0 radical (unpaired) electrons. The van der Waals surface area contributed by atoms with Gasteiger partial charge in [-0.3, -0.25) is 9.69 Å². The summed E-state index contributed by atoms with van der Waals surface area (Å²) >= 11 is 0. The van der Waals surface area contributed by atoms with E-state index >= 15 is 0 Å². The molecule has 3 atom stereocenters. The van der Waals surface area contributed by atoms with Gasteiger partial charge in [0.1, 0.15) is 6.04 Å². The quantitative estimate of drug-likeness (QED) is 0.563. The Balaban J connectivity index is 1.97. The molecular weight excluding hydrogens is 206 g/mol. The summed E-state index contributed by atoms with van der Waals surface area (Å²) in [6.07, 6.45) is 5.94. The standard InChI is InChI=1S/C12H21NO3/c1-16-12(15)10-7-8-13(10)9-5-3-2-4-6-11(9)14/h9-11,14H,2-8H2,1H3. The lowest BCUT2D eigenvalue weighted by Gasteiger charge is -2.45. The SMILES string of the molecule is COC(=O)C1CCN1C1CCCCCC1O. The number of rotatable bonds is 2. The predicted octanol–water partition coefficient (Wildman–Crippen LogP) is 0.927. The van der Waals surface area contributed by atoms with Crippen LogP contribution in [0.15, 0.2) is 0 Å². The van der Waals surface area contributed by atoms with Crippen molar-refractivity contribution in [2.24, 2.45) is 0 Å². The molecule has 16 heavy (non-hydrogen) atoms. The summed E-state index contributed by atoms with van der Waals surface area (Å²) in [5, 5.41) is 10.1. The van der Waals surface area contributed by atoms with Gasteiger partial charge in [-0.05, 0) is 19.3 Å². The maximum atomic E-state index is 11.5. The highest BCUT2D eigenvalue weighted by atomic mass is 16.5. The van der Waals surface area contributed by atoms with Crippen LogP contribution in [0.2, 0.25) is 0 Å². The first-order chi connectivity index (χ1) is 7.74. The van der Waals surface area contributed by atoms with Crippen LogP contribution in [0.1, 0.15) is 38.5 Å². The number of ether oxygens (including phenoxy) is 1. The molecule has 1 heterocycles. The molecule has 1 aliphatic heterocycles. The topological polar surface area (TPSA) is 49.8 Å². The van der Waals surface area contributed by atoms with E-state index in [0.717, 1.165) is 38.6 Å². The highest BCUT2D eigenvalue weighted by Gasteiger charge is 2.41. The predicted molar refractivity (Wildman–Crippen MR) is 60.0 cm³/mol. The molecule has 1 aliphatic carbocycles. The Hall–Kier alpha value is -0.610. The number of carbonyl (C=O) groups is 1. The second-order valence-corrected chi connectivity index (χ2v) is 4.84. The number of likely N-dealkylation sites (tertiary alicyclic amines) is 1. The van der Waals surface area contributed by atoms with E-state index in [0.29, 0.717) is 0 Å². The van der Waals surface area contributed by atoms with Crippen molar-refractivity contribution in [3.63, 3.8) is 0 Å². The molecule has 1 saturated carbocycles. The normalized spacial score (nSPS) is 36.2. The molecule has 2 rings (SSSR count). The van der Waals surface area contributed by atoms with E-state index in [1.807, 2.05) is 0 Å². The van der Waals surface area contributed by atoms with Crippen LogP contribution in [-0.2, 0) is 9.53 Å². The van der Waals surface area contributed by atoms with E-state index in [2.05, 4.69) is 4.90 Å². The first-order valence-corrected chi connectivity index (χ1v) is 6.25. The molecule has 1 N–H and O–H groups in total. The van der Waals surface area contributed by atoms with Gasteiger partial charge >= 0.3 is 5.97 Å². The smallest absolute Gasteiger partial charge is 0.323 e. The van der Waals surface area contributed by atoms with Gasteiger partial charge < -0.3 is 9.84 Å². The molecule has 2 fully saturated rings. The Labute approximate surface area is 96.6 Å². The number of nitrogens with zero attached hydrogens (tertiary/aromatic N) is 1. The minimum absolute atomic E-state index is 0.109. The van der Waals surface area contributed by atoms with Crippen LogP contribution in [0.4, 0.5) is 0 Å². The number of methoxy groups -OCH3 is 1. The molecule has 0 aromatic rings. The number of aliphatic hydroxyl groups excluding tert-OH is 1. The zero-order chi connectivity index (χ0) is 11.5. The molecule has 0 aromatic heterocycles. The van der Waals surface area contributed by atoms with Gasteiger partial charge in [-0.1, -0.05) is 19.3 Å². The number of hydrogen-bond donors (Lipinski definition) is 1. The van der Waals surface area contributed by atoms with E-state index in [4.69, 9.17) is 4.74 Å². The average Bonchev–Trinajstić information content (AvgIpc) is 2.43. The fourth-order valence-corrected chi connectivity index (χ4v) is 2.85. The summed E-state index contributed by atoms with van der Waals surface area (Å²) in [4.78, 5) is 13.6. The molecular formula is C12H21NO3. The van der Waals surface area contributed by atoms with Crippen molar-refractivity contribution >= 4 is 5.97 Å². The van der Waals surface area contributed by atoms with E-state index in [1.165, 1.54) is 13.5 Å². The lowest BCUT2D eigenvalue weighted by atomic mass is 9.94. The number of esters is 1. The van der Waals surface area contributed by atoms with Crippen molar-refractivity contribution in [2.45, 2.75) is 56.7 Å². The third-order valence-electron chi connectivity index (χ3n) is 3.90. The van der Waals surface area contributed by atoms with Crippen LogP contribution in [0, 0.1) is 0 Å². The zero-order valence-corrected chi connectivity index (χ0v) is 9.89. The van der Waals surface area contributed by atoms with Crippen LogP contribution in [-0.4, -0.2) is 47.8 Å². The van der Waals surface area contributed by atoms with Crippen LogP contribution in [0.25, 0.3) is 0 Å². The van der Waals surface area contributed by atoms with Crippen LogP contribution < -0.4 is 0 Å². The fourth-order valence-electron chi connectivity index (χ4n) is 2.85. The van der Waals surface area contributed by atoms with Gasteiger partial charge in [0.05, 0.1) is 13.2 Å². The highest BCUT2D eigenvalue weighted by molar-refractivity contribution is 5.76. The minimum Gasteiger partial charge on any atom is -0.468 e. The van der Waals surface area contributed by atoms with Crippen molar-refractivity contribution in [2.75, 3.05) is 13.7 Å². The van der Waals surface area contributed by atoms with Crippen molar-refractivity contribution < 1.29 is 14.6 Å². The van der Waals surface area contributed by atoms with Crippen molar-refractivity contribution in [3.8, 4) is 0 Å². The molecule has 4 nitrogen and oxygen atoms in total. The molecule has 1 saturated heterocycles. The maximum Gasteiger partial charge on any atom is 0.323 e. The number of aliphatic hydroxyl groups is 1. The largest absolute Gasteiger partial charge is 0.468 e. The average molecular weight is 227 g/mol. The third-order valence-corrected chi connectivity index (χ3v) is 3.90. The highest BCUT2D eigenvalue weighted by Crippen LogP contribution is 2.30. The van der Waals surface area contributed by atoms with Gasteiger partial charge in [-0.15, -0.1) is 0 Å². The summed E-state index contributed by atoms with van der Waals surface area (Å²) in [7, 11) is 1.43. The Morgan fingerprint density at radius 3 is 2.62 bits per heavy atom. The second kappa shape index (κ2) is 5.15. The van der Waals surface area contributed by atoms with Gasteiger partial charge in [-0.2, -0.15) is 0 Å². The molecule has 0 aromatic carbocycles. The fraction of sp³-hybridized carbons (Fsp3) is 0.917. The van der Waals surface area contributed by atoms with Crippen molar-refractivity contribution in [1.82, 2.24) is 4.90 Å². The monoisotopic (exact) mass is 227 g/mol. The molecule has 2 aliphatic rings. The Bertz CT molecular complexity index is 257. The lowest BCUT2D eigenvalue weighted by molar-refractivity contribution is -0.156. The molecule has 0 spiro atoms. The van der Waals surface area contributed by atoms with Crippen molar-refractivity contribution in [1.29, 1.82) is 0 Å². The van der Waals surface area contributed by atoms with Crippen molar-refractivity contribution in [3.05, 3.63) is 0 Å².